The minimum absolute atomic E-state index is 0.183. The lowest BCUT2D eigenvalue weighted by atomic mass is 9.97. The Kier molecular flexibility index (Phi) is 4.63. The molecule has 1 amide bonds. The monoisotopic (exact) mass is 358 g/mol. The molecular formula is C19H26N4OS. The lowest BCUT2D eigenvalue weighted by molar-refractivity contribution is -0.134. The molecule has 25 heavy (non-hydrogen) atoms. The molecule has 1 aliphatic heterocycles. The average Bonchev–Trinajstić information content (AvgIpc) is 3.01. The molecule has 0 aromatic carbocycles. The predicted octanol–water partition coefficient (Wildman–Crippen LogP) is 3.77. The Bertz CT molecular complexity index is 787. The molecule has 1 saturated heterocycles. The van der Waals surface area contributed by atoms with Crippen LogP contribution in [-0.2, 0) is 17.6 Å². The summed E-state index contributed by atoms with van der Waals surface area (Å²) in [7, 11) is 0. The Hall–Kier alpha value is -1.69. The summed E-state index contributed by atoms with van der Waals surface area (Å²) in [4.78, 5) is 26.4. The average molecular weight is 359 g/mol. The topological polar surface area (TPSA) is 58.1 Å². The SMILES string of the molecule is CC(Nc1ncnc2sc3c(c12)CCCC3)C(=O)N1CCCCC1C. The number of carbonyl (C=O) groups is 1. The Balaban J connectivity index is 1.59. The minimum atomic E-state index is -0.266. The van der Waals surface area contributed by atoms with Crippen LogP contribution in [0.15, 0.2) is 6.33 Å². The van der Waals surface area contributed by atoms with E-state index in [1.807, 2.05) is 11.8 Å². The zero-order valence-corrected chi connectivity index (χ0v) is 15.9. The van der Waals surface area contributed by atoms with Crippen LogP contribution < -0.4 is 5.32 Å². The molecule has 2 unspecified atom stereocenters. The van der Waals surface area contributed by atoms with Crippen molar-refractivity contribution in [3.63, 3.8) is 0 Å². The number of amides is 1. The third kappa shape index (κ3) is 3.12. The summed E-state index contributed by atoms with van der Waals surface area (Å²) < 4.78 is 0. The molecule has 4 rings (SSSR count). The normalized spacial score (nSPS) is 21.8. The highest BCUT2D eigenvalue weighted by Gasteiger charge is 2.28. The van der Waals surface area contributed by atoms with Crippen LogP contribution in [0.4, 0.5) is 5.82 Å². The number of carbonyl (C=O) groups excluding carboxylic acids is 1. The number of anilines is 1. The Morgan fingerprint density at radius 3 is 2.96 bits per heavy atom. The number of hydrogen-bond donors (Lipinski definition) is 1. The number of fused-ring (bicyclic) bond motifs is 3. The van der Waals surface area contributed by atoms with Crippen molar-refractivity contribution in [3.05, 3.63) is 16.8 Å². The van der Waals surface area contributed by atoms with Crippen molar-refractivity contribution in [3.8, 4) is 0 Å². The predicted molar refractivity (Wildman–Crippen MR) is 102 cm³/mol. The van der Waals surface area contributed by atoms with Gasteiger partial charge >= 0.3 is 0 Å². The van der Waals surface area contributed by atoms with Crippen molar-refractivity contribution in [2.75, 3.05) is 11.9 Å². The summed E-state index contributed by atoms with van der Waals surface area (Å²) in [5.74, 6) is 1.01. The maximum Gasteiger partial charge on any atom is 0.245 e. The van der Waals surface area contributed by atoms with E-state index in [0.29, 0.717) is 6.04 Å². The van der Waals surface area contributed by atoms with E-state index in [-0.39, 0.29) is 11.9 Å². The van der Waals surface area contributed by atoms with Gasteiger partial charge in [-0.05, 0) is 64.4 Å². The molecule has 2 aromatic heterocycles. The molecule has 2 aromatic rings. The first-order valence-corrected chi connectivity index (χ1v) is 10.3. The number of likely N-dealkylation sites (tertiary alicyclic amines) is 1. The zero-order chi connectivity index (χ0) is 17.4. The number of nitrogens with zero attached hydrogens (tertiary/aromatic N) is 3. The van der Waals surface area contributed by atoms with Gasteiger partial charge in [0.1, 0.15) is 23.0 Å². The van der Waals surface area contributed by atoms with E-state index in [2.05, 4.69) is 22.2 Å². The van der Waals surface area contributed by atoms with Gasteiger partial charge in [-0.25, -0.2) is 9.97 Å². The van der Waals surface area contributed by atoms with E-state index < -0.39 is 0 Å². The highest BCUT2D eigenvalue weighted by molar-refractivity contribution is 7.19. The first-order valence-electron chi connectivity index (χ1n) is 9.47. The Morgan fingerprint density at radius 1 is 1.28 bits per heavy atom. The number of rotatable bonds is 3. The molecule has 0 radical (unpaired) electrons. The number of piperidine rings is 1. The van der Waals surface area contributed by atoms with Gasteiger partial charge in [0.15, 0.2) is 0 Å². The lowest BCUT2D eigenvalue weighted by Gasteiger charge is -2.35. The Morgan fingerprint density at radius 2 is 2.12 bits per heavy atom. The molecule has 0 saturated carbocycles. The molecule has 5 nitrogen and oxygen atoms in total. The fraction of sp³-hybridized carbons (Fsp3) is 0.632. The lowest BCUT2D eigenvalue weighted by Crippen LogP contribution is -2.48. The van der Waals surface area contributed by atoms with E-state index in [4.69, 9.17) is 0 Å². The molecule has 2 atom stereocenters. The van der Waals surface area contributed by atoms with Crippen molar-refractivity contribution < 1.29 is 4.79 Å². The molecule has 6 heteroatoms. The van der Waals surface area contributed by atoms with Gasteiger partial charge in [0.2, 0.25) is 5.91 Å². The van der Waals surface area contributed by atoms with Gasteiger partial charge in [-0.15, -0.1) is 11.3 Å². The molecule has 1 N–H and O–H groups in total. The maximum atomic E-state index is 12.9. The number of nitrogens with one attached hydrogen (secondary N) is 1. The van der Waals surface area contributed by atoms with Crippen molar-refractivity contribution in [1.82, 2.24) is 14.9 Å². The van der Waals surface area contributed by atoms with Gasteiger partial charge in [-0.3, -0.25) is 4.79 Å². The number of hydrogen-bond acceptors (Lipinski definition) is 5. The Labute approximate surface area is 152 Å². The van der Waals surface area contributed by atoms with E-state index in [9.17, 15) is 4.79 Å². The fourth-order valence-corrected chi connectivity index (χ4v) is 5.37. The fourth-order valence-electron chi connectivity index (χ4n) is 4.14. The maximum absolute atomic E-state index is 12.9. The van der Waals surface area contributed by atoms with Crippen molar-refractivity contribution >= 4 is 33.3 Å². The van der Waals surface area contributed by atoms with Gasteiger partial charge in [0.25, 0.3) is 0 Å². The van der Waals surface area contributed by atoms with Crippen molar-refractivity contribution in [2.45, 2.75) is 70.9 Å². The second-order valence-electron chi connectivity index (χ2n) is 7.36. The van der Waals surface area contributed by atoms with Gasteiger partial charge in [-0.2, -0.15) is 0 Å². The van der Waals surface area contributed by atoms with Crippen LogP contribution in [0.3, 0.4) is 0 Å². The number of thiophene rings is 1. The van der Waals surface area contributed by atoms with Gasteiger partial charge < -0.3 is 10.2 Å². The summed E-state index contributed by atoms with van der Waals surface area (Å²) in [5, 5.41) is 4.55. The standard InChI is InChI=1S/C19H26N4OS/c1-12-7-5-6-10-23(12)19(24)13(2)22-17-16-14-8-3-4-9-15(14)25-18(16)21-11-20-17/h11-13H,3-10H2,1-2H3,(H,20,21,22). The van der Waals surface area contributed by atoms with Crippen molar-refractivity contribution in [2.24, 2.45) is 0 Å². The van der Waals surface area contributed by atoms with Crippen molar-refractivity contribution in [1.29, 1.82) is 0 Å². The quantitative estimate of drug-likeness (QED) is 0.907. The summed E-state index contributed by atoms with van der Waals surface area (Å²) >= 11 is 1.79. The third-order valence-corrected chi connectivity index (χ3v) is 6.76. The molecule has 1 aliphatic carbocycles. The number of aryl methyl sites for hydroxylation is 2. The molecule has 2 aliphatic rings. The summed E-state index contributed by atoms with van der Waals surface area (Å²) in [5.41, 5.74) is 1.40. The first kappa shape index (κ1) is 16.8. The van der Waals surface area contributed by atoms with Crippen LogP contribution in [0, 0.1) is 0 Å². The molecule has 0 spiro atoms. The molecule has 1 fully saturated rings. The van der Waals surface area contributed by atoms with Gasteiger partial charge in [0, 0.05) is 17.5 Å². The summed E-state index contributed by atoms with van der Waals surface area (Å²) in [6.07, 6.45) is 9.80. The second kappa shape index (κ2) is 6.90. The van der Waals surface area contributed by atoms with Crippen LogP contribution in [0.5, 0.6) is 0 Å². The van der Waals surface area contributed by atoms with Crippen LogP contribution >= 0.6 is 11.3 Å². The van der Waals surface area contributed by atoms with Crippen LogP contribution in [0.25, 0.3) is 10.2 Å². The smallest absolute Gasteiger partial charge is 0.245 e. The second-order valence-corrected chi connectivity index (χ2v) is 8.44. The van der Waals surface area contributed by atoms with E-state index in [1.54, 1.807) is 17.7 Å². The zero-order valence-electron chi connectivity index (χ0n) is 15.0. The molecule has 134 valence electrons. The third-order valence-electron chi connectivity index (χ3n) is 5.56. The van der Waals surface area contributed by atoms with E-state index in [0.717, 1.165) is 48.3 Å². The summed E-state index contributed by atoms with van der Waals surface area (Å²) in [6, 6.07) is 0.0719. The summed E-state index contributed by atoms with van der Waals surface area (Å²) in [6.45, 7) is 4.98. The first-order chi connectivity index (χ1) is 12.1. The van der Waals surface area contributed by atoms with E-state index >= 15 is 0 Å². The van der Waals surface area contributed by atoms with E-state index in [1.165, 1.54) is 29.7 Å². The van der Waals surface area contributed by atoms with Gasteiger partial charge in [0.05, 0.1) is 5.39 Å². The molecular weight excluding hydrogens is 332 g/mol. The molecule has 0 bridgehead atoms. The molecule has 3 heterocycles. The highest BCUT2D eigenvalue weighted by Crippen LogP contribution is 2.38. The highest BCUT2D eigenvalue weighted by atomic mass is 32.1. The van der Waals surface area contributed by atoms with Crippen LogP contribution in [0.2, 0.25) is 0 Å². The minimum Gasteiger partial charge on any atom is -0.358 e. The van der Waals surface area contributed by atoms with Crippen LogP contribution in [0.1, 0.15) is 56.4 Å². The van der Waals surface area contributed by atoms with Gasteiger partial charge in [-0.1, -0.05) is 0 Å². The van der Waals surface area contributed by atoms with Crippen LogP contribution in [-0.4, -0.2) is 39.4 Å². The number of aromatic nitrogens is 2. The largest absolute Gasteiger partial charge is 0.358 e.